The van der Waals surface area contributed by atoms with Crippen molar-refractivity contribution < 1.29 is 13.2 Å². The van der Waals surface area contributed by atoms with Crippen molar-refractivity contribution in [1.82, 2.24) is 9.62 Å². The molecule has 1 amide bonds. The summed E-state index contributed by atoms with van der Waals surface area (Å²) in [6, 6.07) is 0.0635. The summed E-state index contributed by atoms with van der Waals surface area (Å²) in [5, 5.41) is 0. The van der Waals surface area contributed by atoms with Crippen molar-refractivity contribution >= 4 is 15.9 Å². The number of piperidine rings is 1. The molecule has 1 aliphatic rings. The van der Waals surface area contributed by atoms with Crippen LogP contribution in [0.1, 0.15) is 51.9 Å². The van der Waals surface area contributed by atoms with Crippen molar-refractivity contribution in [2.24, 2.45) is 5.73 Å². The zero-order valence-electron chi connectivity index (χ0n) is 13.2. The van der Waals surface area contributed by atoms with Crippen molar-refractivity contribution in [2.45, 2.75) is 64.0 Å². The highest BCUT2D eigenvalue weighted by Gasteiger charge is 2.27. The smallest absolute Gasteiger partial charge is 0.224 e. The third-order valence-corrected chi connectivity index (χ3v) is 4.61. The minimum atomic E-state index is -3.16. The Labute approximate surface area is 128 Å². The molecule has 3 N–H and O–H groups in total. The SMILES string of the molecule is CCCC(N)CC(=O)N1CCCCC1CCNS(C)(=O)=O. The lowest BCUT2D eigenvalue weighted by Crippen LogP contribution is -2.46. The second-order valence-corrected chi connectivity index (χ2v) is 7.78. The highest BCUT2D eigenvalue weighted by Crippen LogP contribution is 2.21. The van der Waals surface area contributed by atoms with E-state index in [2.05, 4.69) is 11.6 Å². The third kappa shape index (κ3) is 7.24. The topological polar surface area (TPSA) is 92.5 Å². The predicted octanol–water partition coefficient (Wildman–Crippen LogP) is 0.824. The lowest BCUT2D eigenvalue weighted by molar-refractivity contribution is -0.135. The Morgan fingerprint density at radius 1 is 1.43 bits per heavy atom. The van der Waals surface area contributed by atoms with Gasteiger partial charge in [-0.1, -0.05) is 13.3 Å². The maximum absolute atomic E-state index is 12.4. The van der Waals surface area contributed by atoms with Gasteiger partial charge in [0.2, 0.25) is 15.9 Å². The van der Waals surface area contributed by atoms with Gasteiger partial charge in [-0.05, 0) is 32.1 Å². The van der Waals surface area contributed by atoms with Crippen LogP contribution in [0.2, 0.25) is 0 Å². The van der Waals surface area contributed by atoms with Crippen molar-refractivity contribution in [3.05, 3.63) is 0 Å². The number of nitrogens with one attached hydrogen (secondary N) is 1. The Bertz CT molecular complexity index is 425. The summed E-state index contributed by atoms with van der Waals surface area (Å²) in [5.41, 5.74) is 5.96. The Kier molecular flexibility index (Phi) is 7.62. The molecule has 1 heterocycles. The molecule has 2 unspecified atom stereocenters. The summed E-state index contributed by atoms with van der Waals surface area (Å²) < 4.78 is 24.7. The molecular formula is C14H29N3O3S. The van der Waals surface area contributed by atoms with E-state index in [9.17, 15) is 13.2 Å². The zero-order chi connectivity index (χ0) is 15.9. The van der Waals surface area contributed by atoms with E-state index < -0.39 is 10.0 Å². The summed E-state index contributed by atoms with van der Waals surface area (Å²) in [6.45, 7) is 3.21. The Hall–Kier alpha value is -0.660. The molecular weight excluding hydrogens is 290 g/mol. The molecule has 1 saturated heterocycles. The number of carbonyl (C=O) groups excluding carboxylic acids is 1. The van der Waals surface area contributed by atoms with Crippen LogP contribution in [-0.2, 0) is 14.8 Å². The van der Waals surface area contributed by atoms with Crippen LogP contribution in [0, 0.1) is 0 Å². The van der Waals surface area contributed by atoms with Crippen molar-refractivity contribution in [3.63, 3.8) is 0 Å². The zero-order valence-corrected chi connectivity index (χ0v) is 14.0. The van der Waals surface area contributed by atoms with Gasteiger partial charge in [-0.3, -0.25) is 4.79 Å². The van der Waals surface area contributed by atoms with Crippen LogP contribution >= 0.6 is 0 Å². The number of nitrogens with zero attached hydrogens (tertiary/aromatic N) is 1. The average molecular weight is 319 g/mol. The molecule has 1 fully saturated rings. The molecule has 0 saturated carbocycles. The molecule has 7 heteroatoms. The Morgan fingerprint density at radius 2 is 2.14 bits per heavy atom. The van der Waals surface area contributed by atoms with Crippen LogP contribution < -0.4 is 10.5 Å². The van der Waals surface area contributed by atoms with Crippen LogP contribution in [0.25, 0.3) is 0 Å². The molecule has 6 nitrogen and oxygen atoms in total. The minimum Gasteiger partial charge on any atom is -0.340 e. The molecule has 0 spiro atoms. The fourth-order valence-electron chi connectivity index (χ4n) is 2.85. The first-order valence-corrected chi connectivity index (χ1v) is 9.72. The van der Waals surface area contributed by atoms with Crippen molar-refractivity contribution in [3.8, 4) is 0 Å². The van der Waals surface area contributed by atoms with Gasteiger partial charge in [0.15, 0.2) is 0 Å². The van der Waals surface area contributed by atoms with E-state index >= 15 is 0 Å². The minimum absolute atomic E-state index is 0.0702. The van der Waals surface area contributed by atoms with Gasteiger partial charge in [0.25, 0.3) is 0 Å². The number of carbonyl (C=O) groups is 1. The van der Waals surface area contributed by atoms with Gasteiger partial charge >= 0.3 is 0 Å². The normalized spacial score (nSPS) is 21.3. The van der Waals surface area contributed by atoms with Gasteiger partial charge < -0.3 is 10.6 Å². The first-order valence-electron chi connectivity index (χ1n) is 7.83. The lowest BCUT2D eigenvalue weighted by atomic mass is 9.98. The fraction of sp³-hybridized carbons (Fsp3) is 0.929. The lowest BCUT2D eigenvalue weighted by Gasteiger charge is -2.36. The third-order valence-electron chi connectivity index (χ3n) is 3.89. The molecule has 1 aliphatic heterocycles. The van der Waals surface area contributed by atoms with E-state index in [1.165, 1.54) is 0 Å². The van der Waals surface area contributed by atoms with E-state index in [1.54, 1.807) is 0 Å². The number of likely N-dealkylation sites (tertiary alicyclic amines) is 1. The first kappa shape index (κ1) is 18.4. The summed E-state index contributed by atoms with van der Waals surface area (Å²) in [7, 11) is -3.16. The summed E-state index contributed by atoms with van der Waals surface area (Å²) in [4.78, 5) is 14.3. The summed E-state index contributed by atoms with van der Waals surface area (Å²) in [5.74, 6) is 0.111. The van der Waals surface area contributed by atoms with E-state index in [4.69, 9.17) is 5.73 Å². The van der Waals surface area contributed by atoms with E-state index in [0.29, 0.717) is 19.4 Å². The summed E-state index contributed by atoms with van der Waals surface area (Å²) in [6.07, 6.45) is 7.11. The summed E-state index contributed by atoms with van der Waals surface area (Å²) >= 11 is 0. The van der Waals surface area contributed by atoms with Crippen molar-refractivity contribution in [2.75, 3.05) is 19.3 Å². The average Bonchev–Trinajstić information content (AvgIpc) is 2.38. The van der Waals surface area contributed by atoms with Crippen LogP contribution in [0.3, 0.4) is 0 Å². The molecule has 0 aliphatic carbocycles. The standard InChI is InChI=1S/C14H29N3O3S/c1-3-6-12(15)11-14(18)17-10-5-4-7-13(17)8-9-16-21(2,19)20/h12-13,16H,3-11,15H2,1-2H3. The number of amides is 1. The second-order valence-electron chi connectivity index (χ2n) is 5.94. The molecule has 21 heavy (non-hydrogen) atoms. The molecule has 0 aromatic heterocycles. The molecule has 0 bridgehead atoms. The van der Waals surface area contributed by atoms with Crippen LogP contribution in [-0.4, -0.2) is 50.7 Å². The van der Waals surface area contributed by atoms with Gasteiger partial charge in [0.1, 0.15) is 0 Å². The van der Waals surface area contributed by atoms with E-state index in [0.717, 1.165) is 44.9 Å². The fourth-order valence-corrected chi connectivity index (χ4v) is 3.34. The highest BCUT2D eigenvalue weighted by atomic mass is 32.2. The van der Waals surface area contributed by atoms with Crippen LogP contribution in [0.4, 0.5) is 0 Å². The first-order chi connectivity index (χ1) is 9.83. The van der Waals surface area contributed by atoms with Gasteiger partial charge in [0.05, 0.1) is 6.26 Å². The molecule has 2 atom stereocenters. The van der Waals surface area contributed by atoms with Crippen LogP contribution in [0.15, 0.2) is 0 Å². The second kappa shape index (κ2) is 8.70. The molecule has 1 rings (SSSR count). The van der Waals surface area contributed by atoms with E-state index in [1.807, 2.05) is 4.90 Å². The predicted molar refractivity (Wildman–Crippen MR) is 84.3 cm³/mol. The van der Waals surface area contributed by atoms with Gasteiger partial charge in [-0.15, -0.1) is 0 Å². The quantitative estimate of drug-likeness (QED) is 0.693. The maximum Gasteiger partial charge on any atom is 0.224 e. The van der Waals surface area contributed by atoms with Crippen molar-refractivity contribution in [1.29, 1.82) is 0 Å². The molecule has 0 radical (unpaired) electrons. The molecule has 0 aromatic rings. The van der Waals surface area contributed by atoms with Gasteiger partial charge in [-0.2, -0.15) is 0 Å². The number of hydrogen-bond acceptors (Lipinski definition) is 4. The van der Waals surface area contributed by atoms with E-state index in [-0.39, 0.29) is 18.0 Å². The van der Waals surface area contributed by atoms with Gasteiger partial charge in [0, 0.05) is 31.6 Å². The monoisotopic (exact) mass is 319 g/mol. The molecule has 124 valence electrons. The van der Waals surface area contributed by atoms with Crippen LogP contribution in [0.5, 0.6) is 0 Å². The Balaban J connectivity index is 2.50. The maximum atomic E-state index is 12.4. The Morgan fingerprint density at radius 3 is 2.76 bits per heavy atom. The number of hydrogen-bond donors (Lipinski definition) is 2. The largest absolute Gasteiger partial charge is 0.340 e. The van der Waals surface area contributed by atoms with Gasteiger partial charge in [-0.25, -0.2) is 13.1 Å². The highest BCUT2D eigenvalue weighted by molar-refractivity contribution is 7.88. The number of sulfonamides is 1. The number of rotatable bonds is 8. The molecule has 0 aromatic carbocycles. The number of nitrogens with two attached hydrogens (primary N) is 1.